The summed E-state index contributed by atoms with van der Waals surface area (Å²) in [7, 11) is 0. The molecule has 0 aliphatic heterocycles. The Morgan fingerprint density at radius 3 is 2.61 bits per heavy atom. The zero-order chi connectivity index (χ0) is 12.3. The molecular formula is C14H6N2O2. The van der Waals surface area contributed by atoms with Crippen LogP contribution in [-0.2, 0) is 0 Å². The summed E-state index contributed by atoms with van der Waals surface area (Å²) in [6, 6.07) is 9.37. The van der Waals surface area contributed by atoms with Gasteiger partial charge in [0, 0.05) is 27.7 Å². The summed E-state index contributed by atoms with van der Waals surface area (Å²) in [4.78, 5) is 31.2. The fraction of sp³-hybridized carbons (Fsp3) is 0. The molecule has 0 saturated carbocycles. The van der Waals surface area contributed by atoms with Crippen molar-refractivity contribution < 1.29 is 0 Å². The molecule has 0 radical (unpaired) electrons. The zero-order valence-electron chi connectivity index (χ0n) is 9.18. The predicted molar refractivity (Wildman–Crippen MR) is 69.5 cm³/mol. The topological polar surface area (TPSA) is 59.9 Å². The molecule has 18 heavy (non-hydrogen) atoms. The van der Waals surface area contributed by atoms with Crippen LogP contribution in [-0.4, -0.2) is 9.97 Å². The number of hydrogen-bond donors (Lipinski definition) is 0. The maximum Gasteiger partial charge on any atom is 0.320 e. The molecule has 0 aliphatic carbocycles. The molecule has 4 rings (SSSR count). The molecule has 0 N–H and O–H groups in total. The summed E-state index contributed by atoms with van der Waals surface area (Å²) in [5.41, 5.74) is -0.949. The Hall–Kier alpha value is -2.62. The number of nitrogens with zero attached hydrogens (tertiary/aromatic N) is 2. The van der Waals surface area contributed by atoms with E-state index in [0.29, 0.717) is 16.4 Å². The lowest BCUT2D eigenvalue weighted by Crippen LogP contribution is -2.26. The first-order valence-electron chi connectivity index (χ1n) is 5.53. The molecule has 0 amide bonds. The Bertz CT molecular complexity index is 995. The molecular weight excluding hydrogens is 228 g/mol. The average molecular weight is 234 g/mol. The minimum Gasteiger partial charge on any atom is -0.283 e. The van der Waals surface area contributed by atoms with Crippen LogP contribution in [0.25, 0.3) is 32.6 Å². The van der Waals surface area contributed by atoms with Gasteiger partial charge in [-0.15, -0.1) is 0 Å². The van der Waals surface area contributed by atoms with Gasteiger partial charge in [0.2, 0.25) is 0 Å². The smallest absolute Gasteiger partial charge is 0.283 e. The Balaban J connectivity index is 2.54. The van der Waals surface area contributed by atoms with Gasteiger partial charge in [-0.2, -0.15) is 4.98 Å². The number of hydrogen-bond acceptors (Lipinski definition) is 4. The Morgan fingerprint density at radius 1 is 0.889 bits per heavy atom. The second-order valence-corrected chi connectivity index (χ2v) is 4.26. The van der Waals surface area contributed by atoms with Crippen molar-refractivity contribution in [3.8, 4) is 0 Å². The first-order valence-corrected chi connectivity index (χ1v) is 5.53. The largest absolute Gasteiger partial charge is 0.320 e. The van der Waals surface area contributed by atoms with Gasteiger partial charge in [-0.1, -0.05) is 24.3 Å². The highest BCUT2D eigenvalue weighted by molar-refractivity contribution is 6.20. The van der Waals surface area contributed by atoms with E-state index in [-0.39, 0.29) is 0 Å². The van der Waals surface area contributed by atoms with E-state index in [1.165, 1.54) is 0 Å². The highest BCUT2D eigenvalue weighted by atomic mass is 16.2. The highest BCUT2D eigenvalue weighted by Crippen LogP contribution is 2.29. The average Bonchev–Trinajstić information content (AvgIpc) is 2.40. The fourth-order valence-corrected chi connectivity index (χ4v) is 2.48. The van der Waals surface area contributed by atoms with Crippen molar-refractivity contribution >= 4 is 32.6 Å². The third kappa shape index (κ3) is 0.996. The zero-order valence-corrected chi connectivity index (χ0v) is 9.18. The summed E-state index contributed by atoms with van der Waals surface area (Å²) >= 11 is 0. The van der Waals surface area contributed by atoms with E-state index >= 15 is 0 Å². The van der Waals surface area contributed by atoms with E-state index in [0.717, 1.165) is 16.2 Å². The monoisotopic (exact) mass is 234 g/mol. The Morgan fingerprint density at radius 2 is 1.72 bits per heavy atom. The highest BCUT2D eigenvalue weighted by Gasteiger charge is 2.13. The lowest BCUT2D eigenvalue weighted by atomic mass is 10.00. The van der Waals surface area contributed by atoms with Crippen molar-refractivity contribution in [2.75, 3.05) is 0 Å². The van der Waals surface area contributed by atoms with Crippen LogP contribution in [0.4, 0.5) is 0 Å². The quantitative estimate of drug-likeness (QED) is 0.342. The predicted octanol–water partition coefficient (Wildman–Crippen LogP) is 1.53. The van der Waals surface area contributed by atoms with Crippen LogP contribution in [0.1, 0.15) is 0 Å². The molecule has 2 aromatic heterocycles. The van der Waals surface area contributed by atoms with Crippen LogP contribution in [0.3, 0.4) is 0 Å². The molecule has 0 aliphatic rings. The van der Waals surface area contributed by atoms with Crippen LogP contribution in [0.5, 0.6) is 0 Å². The van der Waals surface area contributed by atoms with Crippen LogP contribution in [0, 0.1) is 0 Å². The maximum absolute atomic E-state index is 11.8. The number of pyridine rings is 2. The molecule has 0 spiro atoms. The lowest BCUT2D eigenvalue weighted by molar-refractivity contribution is 1.22. The van der Waals surface area contributed by atoms with E-state index in [1.807, 2.05) is 24.3 Å². The van der Waals surface area contributed by atoms with Crippen molar-refractivity contribution in [2.24, 2.45) is 0 Å². The van der Waals surface area contributed by atoms with Gasteiger partial charge in [-0.25, -0.2) is 4.98 Å². The van der Waals surface area contributed by atoms with Crippen molar-refractivity contribution in [2.45, 2.75) is 0 Å². The van der Waals surface area contributed by atoms with Crippen LogP contribution >= 0.6 is 0 Å². The van der Waals surface area contributed by atoms with Gasteiger partial charge in [-0.05, 0) is 11.5 Å². The second-order valence-electron chi connectivity index (χ2n) is 4.26. The molecule has 0 atom stereocenters. The minimum absolute atomic E-state index is 0.346. The molecule has 4 heteroatoms. The van der Waals surface area contributed by atoms with E-state index < -0.39 is 11.0 Å². The molecule has 4 nitrogen and oxygen atoms in total. The van der Waals surface area contributed by atoms with E-state index in [2.05, 4.69) is 9.97 Å². The number of benzene rings is 2. The van der Waals surface area contributed by atoms with E-state index in [4.69, 9.17) is 0 Å². The molecule has 0 bridgehead atoms. The SMILES string of the molecule is O=c1nc2ncc3cccc4ccc(c1=O)c2c43. The standard InChI is InChI=1S/C14H6N2O2/c17-12-9-5-4-7-2-1-3-8-6-15-13(16-14(12)18)11(9)10(7)8/h1-6H. The first-order chi connectivity index (χ1) is 8.75. The Labute approximate surface area is 100 Å². The summed E-state index contributed by atoms with van der Waals surface area (Å²) in [5.74, 6) is 0. The molecule has 84 valence electrons. The number of aromatic nitrogens is 2. The summed E-state index contributed by atoms with van der Waals surface area (Å²) < 4.78 is 0. The van der Waals surface area contributed by atoms with Crippen LogP contribution < -0.4 is 11.0 Å². The van der Waals surface area contributed by atoms with Crippen molar-refractivity contribution in [1.82, 2.24) is 9.97 Å². The van der Waals surface area contributed by atoms with Gasteiger partial charge >= 0.3 is 5.56 Å². The van der Waals surface area contributed by atoms with Crippen molar-refractivity contribution in [1.29, 1.82) is 0 Å². The molecule has 2 heterocycles. The molecule has 0 saturated heterocycles. The minimum atomic E-state index is -0.742. The second kappa shape index (κ2) is 2.98. The van der Waals surface area contributed by atoms with Gasteiger partial charge in [0.05, 0.1) is 0 Å². The summed E-state index contributed by atoms with van der Waals surface area (Å²) in [5, 5.41) is 4.01. The summed E-state index contributed by atoms with van der Waals surface area (Å²) in [6.07, 6.45) is 1.68. The van der Waals surface area contributed by atoms with Gasteiger partial charge in [-0.3, -0.25) is 9.59 Å². The van der Waals surface area contributed by atoms with Gasteiger partial charge in [0.1, 0.15) is 0 Å². The summed E-state index contributed by atoms with van der Waals surface area (Å²) in [6.45, 7) is 0. The van der Waals surface area contributed by atoms with Gasteiger partial charge < -0.3 is 0 Å². The normalized spacial score (nSPS) is 11.8. The van der Waals surface area contributed by atoms with Gasteiger partial charge in [0.25, 0.3) is 5.43 Å². The molecule has 0 fully saturated rings. The molecule has 0 unspecified atom stereocenters. The van der Waals surface area contributed by atoms with Crippen LogP contribution in [0.2, 0.25) is 0 Å². The Kier molecular flexibility index (Phi) is 1.56. The first kappa shape index (κ1) is 9.41. The fourth-order valence-electron chi connectivity index (χ4n) is 2.48. The molecule has 2 aromatic carbocycles. The third-order valence-corrected chi connectivity index (χ3v) is 3.27. The van der Waals surface area contributed by atoms with Crippen molar-refractivity contribution in [3.05, 3.63) is 57.1 Å². The van der Waals surface area contributed by atoms with E-state index in [1.54, 1.807) is 12.3 Å². The van der Waals surface area contributed by atoms with E-state index in [9.17, 15) is 9.59 Å². The van der Waals surface area contributed by atoms with Crippen LogP contribution in [0.15, 0.2) is 46.1 Å². The third-order valence-electron chi connectivity index (χ3n) is 3.27. The lowest BCUT2D eigenvalue weighted by Gasteiger charge is -2.07. The van der Waals surface area contributed by atoms with Crippen molar-refractivity contribution in [3.63, 3.8) is 0 Å². The molecule has 4 aromatic rings. The van der Waals surface area contributed by atoms with Gasteiger partial charge in [0.15, 0.2) is 5.65 Å². The number of rotatable bonds is 0. The maximum atomic E-state index is 11.8.